The van der Waals surface area contributed by atoms with Crippen LogP contribution in [0.25, 0.3) is 11.0 Å². The van der Waals surface area contributed by atoms with E-state index in [1.165, 1.54) is 0 Å². The molecule has 0 spiro atoms. The molecular formula is C13H12Cl2N4OS. The summed E-state index contributed by atoms with van der Waals surface area (Å²) in [6.07, 6.45) is 3.10. The molecule has 5 nitrogen and oxygen atoms in total. The van der Waals surface area contributed by atoms with E-state index in [0.717, 1.165) is 31.0 Å². The topological polar surface area (TPSA) is 58.1 Å². The molecule has 1 saturated heterocycles. The summed E-state index contributed by atoms with van der Waals surface area (Å²) < 4.78 is 8.45. The fourth-order valence-electron chi connectivity index (χ4n) is 2.71. The van der Waals surface area contributed by atoms with Crippen molar-refractivity contribution in [1.82, 2.24) is 14.1 Å². The lowest BCUT2D eigenvalue weighted by Crippen LogP contribution is -2.39. The molecule has 0 bridgehead atoms. The second-order valence-corrected chi connectivity index (χ2v) is 6.77. The molecule has 21 heavy (non-hydrogen) atoms. The van der Waals surface area contributed by atoms with Crippen LogP contribution in [0, 0.1) is 0 Å². The van der Waals surface area contributed by atoms with Crippen LogP contribution in [0.3, 0.4) is 0 Å². The zero-order chi connectivity index (χ0) is 14.6. The maximum Gasteiger partial charge on any atom is 0.244 e. The monoisotopic (exact) mass is 342 g/mol. The summed E-state index contributed by atoms with van der Waals surface area (Å²) in [4.78, 5) is 14.3. The van der Waals surface area contributed by atoms with Crippen LogP contribution >= 0.6 is 34.9 Å². The molecule has 1 N–H and O–H groups in total. The lowest BCUT2D eigenvalue weighted by molar-refractivity contribution is -0.118. The highest BCUT2D eigenvalue weighted by Crippen LogP contribution is 2.39. The molecule has 0 radical (unpaired) electrons. The van der Waals surface area contributed by atoms with E-state index in [0.29, 0.717) is 39.4 Å². The molecule has 1 saturated carbocycles. The Morgan fingerprint density at radius 1 is 1.19 bits per heavy atom. The van der Waals surface area contributed by atoms with Crippen LogP contribution in [0.5, 0.6) is 0 Å². The predicted molar refractivity (Wildman–Crippen MR) is 84.4 cm³/mol. The first-order valence-electron chi connectivity index (χ1n) is 6.83. The minimum absolute atomic E-state index is 0.0559. The normalized spacial score (nSPS) is 22.5. The van der Waals surface area contributed by atoms with E-state index >= 15 is 0 Å². The van der Waals surface area contributed by atoms with Crippen LogP contribution in [0.15, 0.2) is 6.07 Å². The van der Waals surface area contributed by atoms with Crippen molar-refractivity contribution in [3.05, 3.63) is 16.1 Å². The molecule has 1 aromatic carbocycles. The molecule has 8 heteroatoms. The van der Waals surface area contributed by atoms with E-state index in [-0.39, 0.29) is 11.9 Å². The first-order valence-corrected chi connectivity index (χ1v) is 8.31. The third kappa shape index (κ3) is 2.30. The second-order valence-electron chi connectivity index (χ2n) is 5.42. The SMILES string of the molecule is O=C1C(NC2CC2)CCN1c1c(Cl)cc(Cl)c2nsnc12. The Balaban J connectivity index is 1.73. The largest absolute Gasteiger partial charge is 0.308 e. The van der Waals surface area contributed by atoms with Gasteiger partial charge in [-0.3, -0.25) is 4.79 Å². The van der Waals surface area contributed by atoms with E-state index in [4.69, 9.17) is 23.2 Å². The van der Waals surface area contributed by atoms with Crippen molar-refractivity contribution in [2.75, 3.05) is 11.4 Å². The number of nitrogens with zero attached hydrogens (tertiary/aromatic N) is 3. The van der Waals surface area contributed by atoms with E-state index in [1.807, 2.05) is 0 Å². The van der Waals surface area contributed by atoms with Gasteiger partial charge in [-0.15, -0.1) is 0 Å². The number of hydrogen-bond donors (Lipinski definition) is 1. The average molecular weight is 343 g/mol. The Morgan fingerprint density at radius 2 is 1.95 bits per heavy atom. The van der Waals surface area contributed by atoms with Gasteiger partial charge in [0.25, 0.3) is 0 Å². The van der Waals surface area contributed by atoms with Crippen molar-refractivity contribution in [3.63, 3.8) is 0 Å². The predicted octanol–water partition coefficient (Wildman–Crippen LogP) is 2.86. The molecule has 2 aliphatic rings. The first kappa shape index (κ1) is 13.7. The van der Waals surface area contributed by atoms with Crippen LogP contribution in [-0.2, 0) is 4.79 Å². The quantitative estimate of drug-likeness (QED) is 0.931. The Morgan fingerprint density at radius 3 is 2.71 bits per heavy atom. The van der Waals surface area contributed by atoms with Crippen LogP contribution in [-0.4, -0.2) is 33.3 Å². The Bertz CT molecular complexity index is 730. The van der Waals surface area contributed by atoms with Crippen LogP contribution in [0.1, 0.15) is 19.3 Å². The van der Waals surface area contributed by atoms with Gasteiger partial charge in [0, 0.05) is 12.6 Å². The number of carbonyl (C=O) groups is 1. The molecule has 1 aromatic heterocycles. The molecular weight excluding hydrogens is 331 g/mol. The number of carbonyl (C=O) groups excluding carboxylic acids is 1. The number of hydrogen-bond acceptors (Lipinski definition) is 5. The molecule has 110 valence electrons. The summed E-state index contributed by atoms with van der Waals surface area (Å²) in [6.45, 7) is 0.636. The van der Waals surface area contributed by atoms with Gasteiger partial charge in [-0.1, -0.05) is 23.2 Å². The Labute approximate surface area is 135 Å². The van der Waals surface area contributed by atoms with Gasteiger partial charge in [0.2, 0.25) is 5.91 Å². The zero-order valence-electron chi connectivity index (χ0n) is 11.0. The fourth-order valence-corrected chi connectivity index (χ4v) is 3.92. The summed E-state index contributed by atoms with van der Waals surface area (Å²) in [6, 6.07) is 2.02. The highest BCUT2D eigenvalue weighted by atomic mass is 35.5. The number of aromatic nitrogens is 2. The van der Waals surface area contributed by atoms with Gasteiger partial charge >= 0.3 is 0 Å². The van der Waals surface area contributed by atoms with Crippen molar-refractivity contribution >= 4 is 57.6 Å². The summed E-state index contributed by atoms with van der Waals surface area (Å²) in [7, 11) is 0. The fraction of sp³-hybridized carbons (Fsp3) is 0.462. The number of halogens is 2. The number of rotatable bonds is 3. The van der Waals surface area contributed by atoms with E-state index in [2.05, 4.69) is 14.1 Å². The van der Waals surface area contributed by atoms with E-state index in [9.17, 15) is 4.79 Å². The smallest absolute Gasteiger partial charge is 0.244 e. The maximum absolute atomic E-state index is 12.6. The molecule has 1 aliphatic carbocycles. The molecule has 2 aromatic rings. The summed E-state index contributed by atoms with van der Waals surface area (Å²) >= 11 is 13.5. The number of amides is 1. The van der Waals surface area contributed by atoms with Gasteiger partial charge < -0.3 is 10.2 Å². The Hall–Kier alpha value is -0.950. The van der Waals surface area contributed by atoms with Gasteiger partial charge in [0.05, 0.1) is 33.5 Å². The molecule has 1 atom stereocenters. The number of fused-ring (bicyclic) bond motifs is 1. The highest BCUT2D eigenvalue weighted by molar-refractivity contribution is 7.00. The average Bonchev–Trinajstić information content (AvgIpc) is 3.00. The van der Waals surface area contributed by atoms with Gasteiger partial charge in [0.1, 0.15) is 11.0 Å². The maximum atomic E-state index is 12.6. The summed E-state index contributed by atoms with van der Waals surface area (Å²) in [5.74, 6) is 0.0559. The second kappa shape index (κ2) is 5.05. The molecule has 2 fully saturated rings. The van der Waals surface area contributed by atoms with Gasteiger partial charge in [-0.05, 0) is 25.3 Å². The summed E-state index contributed by atoms with van der Waals surface area (Å²) in [5, 5.41) is 4.29. The zero-order valence-corrected chi connectivity index (χ0v) is 13.3. The van der Waals surface area contributed by atoms with Crippen LogP contribution in [0.2, 0.25) is 10.0 Å². The standard InChI is InChI=1S/C13H12Cl2N4OS/c14-7-5-8(15)12(11-10(7)17-21-18-11)19-4-3-9(13(19)20)16-6-1-2-6/h5-6,9,16H,1-4H2. The minimum Gasteiger partial charge on any atom is -0.308 e. The van der Waals surface area contributed by atoms with Crippen molar-refractivity contribution < 1.29 is 4.79 Å². The molecule has 1 unspecified atom stereocenters. The molecule has 4 rings (SSSR count). The van der Waals surface area contributed by atoms with Crippen LogP contribution < -0.4 is 10.2 Å². The number of nitrogens with one attached hydrogen (secondary N) is 1. The van der Waals surface area contributed by atoms with E-state index in [1.54, 1.807) is 11.0 Å². The molecule has 1 amide bonds. The Kier molecular flexibility index (Phi) is 3.29. The van der Waals surface area contributed by atoms with Gasteiger partial charge in [-0.2, -0.15) is 8.75 Å². The lowest BCUT2D eigenvalue weighted by atomic mass is 10.2. The third-order valence-corrected chi connectivity index (χ3v) is 5.01. The van der Waals surface area contributed by atoms with Crippen molar-refractivity contribution in [3.8, 4) is 0 Å². The molecule has 1 aliphatic heterocycles. The number of anilines is 1. The lowest BCUT2D eigenvalue weighted by Gasteiger charge is -2.19. The molecule has 2 heterocycles. The number of benzene rings is 1. The van der Waals surface area contributed by atoms with Gasteiger partial charge in [-0.25, -0.2) is 0 Å². The van der Waals surface area contributed by atoms with Gasteiger partial charge in [0.15, 0.2) is 0 Å². The highest BCUT2D eigenvalue weighted by Gasteiger charge is 2.38. The van der Waals surface area contributed by atoms with Crippen molar-refractivity contribution in [1.29, 1.82) is 0 Å². The van der Waals surface area contributed by atoms with Crippen molar-refractivity contribution in [2.24, 2.45) is 0 Å². The third-order valence-electron chi connectivity index (χ3n) is 3.91. The minimum atomic E-state index is -0.120. The van der Waals surface area contributed by atoms with Crippen LogP contribution in [0.4, 0.5) is 5.69 Å². The first-order chi connectivity index (χ1) is 10.1. The van der Waals surface area contributed by atoms with Crippen molar-refractivity contribution in [2.45, 2.75) is 31.3 Å². The summed E-state index contributed by atoms with van der Waals surface area (Å²) in [5.41, 5.74) is 1.85. The van der Waals surface area contributed by atoms with E-state index < -0.39 is 0 Å².